The minimum absolute atomic E-state index is 0.115. The fraction of sp³-hybridized carbons (Fsp3) is 0.857. The van der Waals surface area contributed by atoms with Gasteiger partial charge in [-0.05, 0) is 12.8 Å². The van der Waals surface area contributed by atoms with Gasteiger partial charge in [0.15, 0.2) is 10.7 Å². The minimum atomic E-state index is -1.94. The van der Waals surface area contributed by atoms with Gasteiger partial charge in [0.2, 0.25) is 0 Å². The lowest BCUT2D eigenvalue weighted by molar-refractivity contribution is -0.161. The third kappa shape index (κ3) is 9.05. The van der Waals surface area contributed by atoms with Crippen molar-refractivity contribution in [2.45, 2.75) is 76.7 Å². The van der Waals surface area contributed by atoms with Crippen LogP contribution in [0.2, 0.25) is 0 Å². The molecule has 0 radical (unpaired) electrons. The van der Waals surface area contributed by atoms with Crippen LogP contribution < -0.4 is 0 Å². The third-order valence-corrected chi connectivity index (χ3v) is 3.44. The second-order valence-corrected chi connectivity index (χ2v) is 5.63. The zero-order valence-corrected chi connectivity index (χ0v) is 12.6. The number of hydrogen-bond donors (Lipinski definition) is 3. The van der Waals surface area contributed by atoms with E-state index in [-0.39, 0.29) is 6.42 Å². The van der Waals surface area contributed by atoms with Crippen molar-refractivity contribution in [3.05, 3.63) is 0 Å². The van der Waals surface area contributed by atoms with E-state index in [2.05, 4.69) is 19.6 Å². The summed E-state index contributed by atoms with van der Waals surface area (Å²) in [6, 6.07) is 0. The van der Waals surface area contributed by atoms with Gasteiger partial charge in [0.05, 0.1) is 6.42 Å². The van der Waals surface area contributed by atoms with Crippen molar-refractivity contribution in [2.24, 2.45) is 0 Å². The molecule has 0 amide bonds. The fourth-order valence-electron chi connectivity index (χ4n) is 2.07. The summed E-state index contributed by atoms with van der Waals surface area (Å²) in [6.07, 6.45) is 8.36. The lowest BCUT2D eigenvalue weighted by Gasteiger charge is -2.21. The van der Waals surface area contributed by atoms with Crippen molar-refractivity contribution in [2.75, 3.05) is 0 Å². The number of aliphatic carboxylic acids is 1. The average molecular weight is 290 g/mol. The van der Waals surface area contributed by atoms with Gasteiger partial charge >= 0.3 is 5.97 Å². The van der Waals surface area contributed by atoms with Gasteiger partial charge in [-0.1, -0.05) is 51.9 Å². The van der Waals surface area contributed by atoms with Crippen LogP contribution in [0.15, 0.2) is 0 Å². The molecule has 0 saturated heterocycles. The van der Waals surface area contributed by atoms with E-state index in [1.54, 1.807) is 0 Å². The molecule has 0 aliphatic carbocycles. The molecule has 19 heavy (non-hydrogen) atoms. The fourth-order valence-corrected chi connectivity index (χ4v) is 2.33. The van der Waals surface area contributed by atoms with Crippen molar-refractivity contribution in [1.82, 2.24) is 0 Å². The summed E-state index contributed by atoms with van der Waals surface area (Å²) >= 11 is 3.53. The minimum Gasteiger partial charge on any atom is -0.479 e. The molecule has 0 spiro atoms. The van der Waals surface area contributed by atoms with Crippen LogP contribution in [0.1, 0.15) is 71.1 Å². The topological polar surface area (TPSA) is 74.6 Å². The Hall–Kier alpha value is -0.550. The maximum absolute atomic E-state index is 11.0. The summed E-state index contributed by atoms with van der Waals surface area (Å²) in [6.45, 7) is 2.18. The van der Waals surface area contributed by atoms with Gasteiger partial charge in [-0.2, -0.15) is 0 Å². The number of carboxylic acids is 1. The number of aliphatic hydroxyl groups is 1. The van der Waals surface area contributed by atoms with Crippen molar-refractivity contribution >= 4 is 23.7 Å². The molecule has 0 bridgehead atoms. The predicted molar refractivity (Wildman–Crippen MR) is 78.4 cm³/mol. The van der Waals surface area contributed by atoms with Crippen molar-refractivity contribution in [1.29, 1.82) is 0 Å². The first kappa shape index (κ1) is 18.4. The van der Waals surface area contributed by atoms with E-state index in [9.17, 15) is 14.7 Å². The maximum atomic E-state index is 11.0. The predicted octanol–water partition coefficient (Wildman–Crippen LogP) is 3.18. The Bertz CT molecular complexity index is 281. The van der Waals surface area contributed by atoms with E-state index in [1.807, 2.05) is 0 Å². The van der Waals surface area contributed by atoms with Crippen LogP contribution >= 0.6 is 12.6 Å². The van der Waals surface area contributed by atoms with E-state index in [0.717, 1.165) is 19.3 Å². The highest BCUT2D eigenvalue weighted by molar-refractivity contribution is 7.96. The van der Waals surface area contributed by atoms with Crippen LogP contribution in [0.4, 0.5) is 0 Å². The summed E-state index contributed by atoms with van der Waals surface area (Å²) in [5, 5.41) is 18.2. The molecular formula is C14H26O4S. The summed E-state index contributed by atoms with van der Waals surface area (Å²) in [5.41, 5.74) is -1.94. The summed E-state index contributed by atoms with van der Waals surface area (Å²) in [5.74, 6) is -1.34. The van der Waals surface area contributed by atoms with Crippen LogP contribution in [-0.2, 0) is 9.59 Å². The monoisotopic (exact) mass is 290 g/mol. The van der Waals surface area contributed by atoms with Gasteiger partial charge < -0.3 is 10.2 Å². The Morgan fingerprint density at radius 2 is 1.47 bits per heavy atom. The van der Waals surface area contributed by atoms with Gasteiger partial charge in [0, 0.05) is 0 Å². The molecule has 0 heterocycles. The third-order valence-electron chi connectivity index (χ3n) is 3.29. The van der Waals surface area contributed by atoms with Crippen molar-refractivity contribution in [3.8, 4) is 0 Å². The quantitative estimate of drug-likeness (QED) is 0.381. The van der Waals surface area contributed by atoms with Crippen LogP contribution in [-0.4, -0.2) is 26.9 Å². The number of carboxylic acid groups (broad SMARTS) is 1. The van der Waals surface area contributed by atoms with Crippen molar-refractivity contribution in [3.63, 3.8) is 0 Å². The summed E-state index contributed by atoms with van der Waals surface area (Å²) in [4.78, 5) is 21.8. The maximum Gasteiger partial charge on any atom is 0.336 e. The van der Waals surface area contributed by atoms with Crippen LogP contribution in [0.3, 0.4) is 0 Å². The smallest absolute Gasteiger partial charge is 0.336 e. The number of carbonyl (C=O) groups excluding carboxylic acids is 1. The molecule has 0 rings (SSSR count). The molecule has 0 aromatic heterocycles. The first-order valence-corrected chi connectivity index (χ1v) is 7.54. The second-order valence-electron chi connectivity index (χ2n) is 5.13. The van der Waals surface area contributed by atoms with Crippen LogP contribution in [0.25, 0.3) is 0 Å². The largest absolute Gasteiger partial charge is 0.479 e. The zero-order chi connectivity index (χ0) is 14.7. The van der Waals surface area contributed by atoms with Crippen LogP contribution in [0, 0.1) is 0 Å². The molecule has 5 heteroatoms. The van der Waals surface area contributed by atoms with Gasteiger partial charge in [-0.15, -0.1) is 12.6 Å². The molecule has 4 nitrogen and oxygen atoms in total. The summed E-state index contributed by atoms with van der Waals surface area (Å²) < 4.78 is 0. The number of unbranched alkanes of at least 4 members (excludes halogenated alkanes) is 7. The van der Waals surface area contributed by atoms with Crippen molar-refractivity contribution < 1.29 is 19.8 Å². The Labute approximate surface area is 121 Å². The lowest BCUT2D eigenvalue weighted by Crippen LogP contribution is -2.39. The zero-order valence-electron chi connectivity index (χ0n) is 11.7. The highest BCUT2D eigenvalue weighted by atomic mass is 32.1. The van der Waals surface area contributed by atoms with Gasteiger partial charge in [0.25, 0.3) is 0 Å². The normalized spacial score (nSPS) is 14.1. The molecular weight excluding hydrogens is 264 g/mol. The highest BCUT2D eigenvalue weighted by Gasteiger charge is 2.36. The molecule has 0 aromatic carbocycles. The molecule has 0 aliphatic rings. The standard InChI is InChI=1S/C14H26O4S/c1-2-3-4-5-6-7-8-9-10-14(18,13(16)17)11-12(15)19/h18H,2-11H2,1H3,(H,15,19)(H,16,17). The Balaban J connectivity index is 3.77. The number of hydrogen-bond acceptors (Lipinski definition) is 3. The number of carbonyl (C=O) groups is 2. The first-order valence-electron chi connectivity index (χ1n) is 7.10. The number of thiol groups is 1. The Morgan fingerprint density at radius 3 is 1.89 bits per heavy atom. The Morgan fingerprint density at radius 1 is 1.00 bits per heavy atom. The molecule has 1 unspecified atom stereocenters. The molecule has 0 aliphatic heterocycles. The first-order chi connectivity index (χ1) is 8.92. The molecule has 0 saturated carbocycles. The molecule has 0 fully saturated rings. The highest BCUT2D eigenvalue weighted by Crippen LogP contribution is 2.21. The van der Waals surface area contributed by atoms with E-state index in [1.165, 1.54) is 25.7 Å². The van der Waals surface area contributed by atoms with E-state index in [0.29, 0.717) is 6.42 Å². The Kier molecular flexibility index (Phi) is 9.97. The molecule has 1 atom stereocenters. The van der Waals surface area contributed by atoms with E-state index < -0.39 is 23.1 Å². The second kappa shape index (κ2) is 10.3. The average Bonchev–Trinajstić information content (AvgIpc) is 2.31. The van der Waals surface area contributed by atoms with Crippen LogP contribution in [0.5, 0.6) is 0 Å². The van der Waals surface area contributed by atoms with E-state index in [4.69, 9.17) is 5.11 Å². The SMILES string of the molecule is CCCCCCCCCCC(O)(CC(=O)S)C(=O)O. The van der Waals surface area contributed by atoms with E-state index >= 15 is 0 Å². The molecule has 0 aromatic rings. The lowest BCUT2D eigenvalue weighted by atomic mass is 9.93. The van der Waals surface area contributed by atoms with Gasteiger partial charge in [0.1, 0.15) is 0 Å². The molecule has 2 N–H and O–H groups in total. The van der Waals surface area contributed by atoms with Gasteiger partial charge in [-0.3, -0.25) is 4.79 Å². The summed E-state index contributed by atoms with van der Waals surface area (Å²) in [7, 11) is 0. The molecule has 112 valence electrons. The van der Waals surface area contributed by atoms with Gasteiger partial charge in [-0.25, -0.2) is 4.79 Å². The number of rotatable bonds is 12.